The normalized spacial score (nSPS) is 10.8. The highest BCUT2D eigenvalue weighted by atomic mass is 19.1. The van der Waals surface area contributed by atoms with Gasteiger partial charge in [0.1, 0.15) is 28.8 Å². The molecule has 0 unspecified atom stereocenters. The number of benzene rings is 2. The van der Waals surface area contributed by atoms with Crippen molar-refractivity contribution >= 4 is 5.91 Å². The van der Waals surface area contributed by atoms with E-state index in [0.717, 1.165) is 17.5 Å². The minimum Gasteiger partial charge on any atom is -0.457 e. The van der Waals surface area contributed by atoms with E-state index in [1.807, 2.05) is 13.8 Å². The number of imidazole rings is 1. The summed E-state index contributed by atoms with van der Waals surface area (Å²) in [5.41, 5.74) is 3.86. The van der Waals surface area contributed by atoms with Crippen LogP contribution in [0.4, 0.5) is 8.78 Å². The number of halogens is 2. The molecular formula is C25H22F2N4O2. The standard InChI is InChI=1S/C25H22F2N4O2/c1-14-21(25(32)29-13-17-9-18(26)11-19(27)10-17)5-4-6-23(14)33-20-7-8-28-22(12-20)24-30-15(2)16(3)31-24/h4-12H,13H2,1-3H3,(H,29,32)(H,30,31). The number of H-pyrrole nitrogens is 1. The van der Waals surface area contributed by atoms with E-state index in [9.17, 15) is 13.6 Å². The average Bonchev–Trinajstić information content (AvgIpc) is 3.11. The number of aromatic amines is 1. The lowest BCUT2D eigenvalue weighted by atomic mass is 10.1. The predicted molar refractivity (Wildman–Crippen MR) is 120 cm³/mol. The lowest BCUT2D eigenvalue weighted by Gasteiger charge is -2.13. The highest BCUT2D eigenvalue weighted by molar-refractivity contribution is 5.96. The fraction of sp³-hybridized carbons (Fsp3) is 0.160. The molecule has 0 saturated carbocycles. The number of aryl methyl sites for hydroxylation is 2. The van der Waals surface area contributed by atoms with Crippen molar-refractivity contribution in [3.63, 3.8) is 0 Å². The Bertz CT molecular complexity index is 1290. The number of nitrogens with one attached hydrogen (secondary N) is 2. The molecule has 0 saturated heterocycles. The second kappa shape index (κ2) is 9.20. The third-order valence-corrected chi connectivity index (χ3v) is 5.23. The molecule has 4 rings (SSSR count). The Labute approximate surface area is 189 Å². The van der Waals surface area contributed by atoms with E-state index >= 15 is 0 Å². The Morgan fingerprint density at radius 1 is 1.06 bits per heavy atom. The van der Waals surface area contributed by atoms with Gasteiger partial charge in [0.2, 0.25) is 0 Å². The molecule has 0 aliphatic heterocycles. The topological polar surface area (TPSA) is 79.9 Å². The molecule has 2 heterocycles. The van der Waals surface area contributed by atoms with Gasteiger partial charge in [0.15, 0.2) is 5.82 Å². The Kier molecular flexibility index (Phi) is 6.17. The molecular weight excluding hydrogens is 426 g/mol. The molecule has 0 aliphatic rings. The summed E-state index contributed by atoms with van der Waals surface area (Å²) in [4.78, 5) is 24.7. The van der Waals surface area contributed by atoms with Crippen LogP contribution in [-0.2, 0) is 6.54 Å². The van der Waals surface area contributed by atoms with Crippen molar-refractivity contribution in [1.29, 1.82) is 0 Å². The minimum atomic E-state index is -0.692. The van der Waals surface area contributed by atoms with E-state index in [2.05, 4.69) is 20.3 Å². The second-order valence-corrected chi connectivity index (χ2v) is 7.66. The van der Waals surface area contributed by atoms with Crippen LogP contribution in [0.2, 0.25) is 0 Å². The molecule has 33 heavy (non-hydrogen) atoms. The maximum absolute atomic E-state index is 13.4. The SMILES string of the molecule is Cc1nc(-c2cc(Oc3cccc(C(=O)NCc4cc(F)cc(F)c4)c3C)ccn2)[nH]c1C. The first kappa shape index (κ1) is 22.1. The van der Waals surface area contributed by atoms with Gasteiger partial charge in [0.25, 0.3) is 5.91 Å². The summed E-state index contributed by atoms with van der Waals surface area (Å²) in [6, 6.07) is 11.8. The minimum absolute atomic E-state index is 0.00622. The zero-order chi connectivity index (χ0) is 23.5. The number of aromatic nitrogens is 3. The largest absolute Gasteiger partial charge is 0.457 e. The number of pyridine rings is 1. The van der Waals surface area contributed by atoms with E-state index in [-0.39, 0.29) is 12.5 Å². The molecule has 2 N–H and O–H groups in total. The molecule has 0 spiro atoms. The Hall–Kier alpha value is -4.07. The maximum atomic E-state index is 13.4. The lowest BCUT2D eigenvalue weighted by molar-refractivity contribution is 0.0950. The number of carbonyl (C=O) groups is 1. The molecule has 0 bridgehead atoms. The van der Waals surface area contributed by atoms with Crippen LogP contribution in [0.15, 0.2) is 54.7 Å². The molecule has 0 fully saturated rings. The van der Waals surface area contributed by atoms with Crippen LogP contribution in [0.5, 0.6) is 11.5 Å². The smallest absolute Gasteiger partial charge is 0.251 e. The van der Waals surface area contributed by atoms with E-state index in [1.165, 1.54) is 12.1 Å². The number of hydrogen-bond acceptors (Lipinski definition) is 4. The predicted octanol–water partition coefficient (Wildman–Crippen LogP) is 5.40. The second-order valence-electron chi connectivity index (χ2n) is 7.66. The van der Waals surface area contributed by atoms with Crippen LogP contribution in [0.1, 0.15) is 32.9 Å². The first-order valence-electron chi connectivity index (χ1n) is 10.3. The van der Waals surface area contributed by atoms with E-state index in [1.54, 1.807) is 43.5 Å². The monoisotopic (exact) mass is 448 g/mol. The third-order valence-electron chi connectivity index (χ3n) is 5.23. The summed E-state index contributed by atoms with van der Waals surface area (Å²) in [7, 11) is 0. The Balaban J connectivity index is 1.51. The van der Waals surface area contributed by atoms with Crippen molar-refractivity contribution in [3.05, 3.63) is 94.4 Å². The van der Waals surface area contributed by atoms with Gasteiger partial charge in [-0.3, -0.25) is 9.78 Å². The van der Waals surface area contributed by atoms with Gasteiger partial charge in [-0.05, 0) is 56.7 Å². The van der Waals surface area contributed by atoms with Crippen LogP contribution in [0.25, 0.3) is 11.5 Å². The molecule has 168 valence electrons. The fourth-order valence-corrected chi connectivity index (χ4v) is 3.36. The quantitative estimate of drug-likeness (QED) is 0.414. The molecule has 0 aliphatic carbocycles. The summed E-state index contributed by atoms with van der Waals surface area (Å²) in [6.45, 7) is 5.62. The molecule has 4 aromatic rings. The lowest BCUT2D eigenvalue weighted by Crippen LogP contribution is -2.23. The van der Waals surface area contributed by atoms with Gasteiger partial charge in [-0.1, -0.05) is 6.07 Å². The number of carbonyl (C=O) groups excluding carboxylic acids is 1. The molecule has 8 heteroatoms. The summed E-state index contributed by atoms with van der Waals surface area (Å²) < 4.78 is 32.8. The van der Waals surface area contributed by atoms with Gasteiger partial charge < -0.3 is 15.0 Å². The first-order chi connectivity index (χ1) is 15.8. The summed E-state index contributed by atoms with van der Waals surface area (Å²) >= 11 is 0. The number of nitrogens with zero attached hydrogens (tertiary/aromatic N) is 2. The molecule has 0 atom stereocenters. The van der Waals surface area contributed by atoms with Crippen LogP contribution < -0.4 is 10.1 Å². The van der Waals surface area contributed by atoms with Gasteiger partial charge in [-0.15, -0.1) is 0 Å². The Morgan fingerprint density at radius 2 is 1.82 bits per heavy atom. The highest BCUT2D eigenvalue weighted by Crippen LogP contribution is 2.29. The number of ether oxygens (including phenoxy) is 1. The van der Waals surface area contributed by atoms with E-state index in [4.69, 9.17) is 4.74 Å². The molecule has 2 aromatic carbocycles. The van der Waals surface area contributed by atoms with Crippen molar-refractivity contribution in [1.82, 2.24) is 20.3 Å². The van der Waals surface area contributed by atoms with Crippen molar-refractivity contribution in [2.45, 2.75) is 27.3 Å². The van der Waals surface area contributed by atoms with E-state index < -0.39 is 11.6 Å². The number of rotatable bonds is 6. The molecule has 0 radical (unpaired) electrons. The fourth-order valence-electron chi connectivity index (χ4n) is 3.36. The van der Waals surface area contributed by atoms with Crippen LogP contribution in [0.3, 0.4) is 0 Å². The van der Waals surface area contributed by atoms with Gasteiger partial charge in [-0.2, -0.15) is 0 Å². The zero-order valence-corrected chi connectivity index (χ0v) is 18.4. The number of hydrogen-bond donors (Lipinski definition) is 2. The van der Waals surface area contributed by atoms with Gasteiger partial charge in [-0.25, -0.2) is 13.8 Å². The van der Waals surface area contributed by atoms with E-state index in [0.29, 0.717) is 39.7 Å². The molecule has 6 nitrogen and oxygen atoms in total. The maximum Gasteiger partial charge on any atom is 0.251 e. The summed E-state index contributed by atoms with van der Waals surface area (Å²) in [6.07, 6.45) is 1.63. The van der Waals surface area contributed by atoms with Crippen molar-refractivity contribution in [3.8, 4) is 23.0 Å². The highest BCUT2D eigenvalue weighted by Gasteiger charge is 2.14. The molecule has 1 amide bonds. The zero-order valence-electron chi connectivity index (χ0n) is 18.4. The van der Waals surface area contributed by atoms with Gasteiger partial charge in [0, 0.05) is 41.7 Å². The molecule has 2 aromatic heterocycles. The van der Waals surface area contributed by atoms with Crippen molar-refractivity contribution < 1.29 is 18.3 Å². The van der Waals surface area contributed by atoms with Gasteiger partial charge >= 0.3 is 0 Å². The first-order valence-corrected chi connectivity index (χ1v) is 10.3. The summed E-state index contributed by atoms with van der Waals surface area (Å²) in [5, 5.41) is 2.69. The Morgan fingerprint density at radius 3 is 2.52 bits per heavy atom. The van der Waals surface area contributed by atoms with Gasteiger partial charge in [0.05, 0.1) is 5.69 Å². The average molecular weight is 448 g/mol. The third kappa shape index (κ3) is 5.06. The van der Waals surface area contributed by atoms with Crippen LogP contribution >= 0.6 is 0 Å². The van der Waals surface area contributed by atoms with Crippen LogP contribution in [-0.4, -0.2) is 20.9 Å². The number of amides is 1. The summed E-state index contributed by atoms with van der Waals surface area (Å²) in [5.74, 6) is -0.0653. The van der Waals surface area contributed by atoms with Crippen molar-refractivity contribution in [2.24, 2.45) is 0 Å². The van der Waals surface area contributed by atoms with Crippen LogP contribution in [0, 0.1) is 32.4 Å². The van der Waals surface area contributed by atoms with Crippen molar-refractivity contribution in [2.75, 3.05) is 0 Å².